The average molecular weight is 372 g/mol. The summed E-state index contributed by atoms with van der Waals surface area (Å²) in [5, 5.41) is 7.50. The lowest BCUT2D eigenvalue weighted by atomic mass is 9.85. The molecule has 3 fully saturated rings. The molecule has 140 valence electrons. The van der Waals surface area contributed by atoms with Gasteiger partial charge in [-0.15, -0.1) is 0 Å². The maximum absolute atomic E-state index is 13.1. The van der Waals surface area contributed by atoms with Gasteiger partial charge in [-0.3, -0.25) is 9.59 Å². The Labute approximate surface area is 162 Å². The first-order valence-corrected chi connectivity index (χ1v) is 9.81. The van der Waals surface area contributed by atoms with Crippen molar-refractivity contribution in [1.29, 1.82) is 0 Å². The van der Waals surface area contributed by atoms with Crippen molar-refractivity contribution < 1.29 is 14.3 Å². The molecular formula is C23H20N2O3. The van der Waals surface area contributed by atoms with Crippen LogP contribution in [-0.2, 0) is 9.59 Å². The molecule has 0 aromatic heterocycles. The normalized spacial score (nSPS) is 31.5. The Morgan fingerprint density at radius 2 is 1.71 bits per heavy atom. The summed E-state index contributed by atoms with van der Waals surface area (Å²) >= 11 is 0. The zero-order valence-corrected chi connectivity index (χ0v) is 15.5. The predicted octanol–water partition coefficient (Wildman–Crippen LogP) is 3.38. The van der Waals surface area contributed by atoms with Crippen molar-refractivity contribution in [2.75, 3.05) is 7.11 Å². The molecule has 1 aliphatic heterocycles. The molecule has 5 heteroatoms. The molecule has 1 saturated heterocycles. The van der Waals surface area contributed by atoms with Crippen molar-refractivity contribution in [3.63, 3.8) is 0 Å². The highest BCUT2D eigenvalue weighted by Gasteiger charge is 2.73. The van der Waals surface area contributed by atoms with Crippen LogP contribution in [0.25, 0.3) is 10.8 Å². The number of hydrazone groups is 1. The molecule has 2 saturated carbocycles. The fraction of sp³-hybridized carbons (Fsp3) is 0.348. The standard InChI is InChI=1S/C23H20N2O3/c1-28-18-9-6-13-4-2-3-5-14(13)15(18)12-24-25-21(26)19-16-7-8-17(20(19)22(25)27)23(16)10-11-23/h2-9,12,16-17,19-20H,10-11H2,1H3/b24-12-/t16-,17-,19-,20-/m0/s1. The van der Waals surface area contributed by atoms with E-state index in [1.54, 1.807) is 13.3 Å². The second-order valence-corrected chi connectivity index (χ2v) is 8.36. The Hall–Kier alpha value is -2.95. The average Bonchev–Trinajstić information content (AvgIpc) is 3.32. The third-order valence-corrected chi connectivity index (χ3v) is 7.28. The van der Waals surface area contributed by atoms with Gasteiger partial charge >= 0.3 is 0 Å². The lowest BCUT2D eigenvalue weighted by Gasteiger charge is -2.18. The first kappa shape index (κ1) is 16.0. The summed E-state index contributed by atoms with van der Waals surface area (Å²) in [6, 6.07) is 11.8. The molecule has 4 atom stereocenters. The second kappa shape index (κ2) is 5.31. The largest absolute Gasteiger partial charge is 0.496 e. The number of hydrogen-bond donors (Lipinski definition) is 0. The summed E-state index contributed by atoms with van der Waals surface area (Å²) < 4.78 is 5.49. The minimum absolute atomic E-state index is 0.145. The third-order valence-electron chi connectivity index (χ3n) is 7.28. The lowest BCUT2D eigenvalue weighted by molar-refractivity contribution is -0.141. The first-order chi connectivity index (χ1) is 13.7. The molecule has 1 spiro atoms. The summed E-state index contributed by atoms with van der Waals surface area (Å²) in [4.78, 5) is 26.1. The minimum atomic E-state index is -0.225. The smallest absolute Gasteiger partial charge is 0.254 e. The van der Waals surface area contributed by atoms with E-state index in [1.807, 2.05) is 36.4 Å². The molecule has 4 aliphatic rings. The van der Waals surface area contributed by atoms with Gasteiger partial charge in [0.2, 0.25) is 0 Å². The van der Waals surface area contributed by atoms with Crippen LogP contribution in [0.15, 0.2) is 53.7 Å². The van der Waals surface area contributed by atoms with Crippen LogP contribution >= 0.6 is 0 Å². The van der Waals surface area contributed by atoms with Gasteiger partial charge in [0.05, 0.1) is 25.2 Å². The molecule has 2 aromatic carbocycles. The van der Waals surface area contributed by atoms with E-state index < -0.39 is 0 Å². The zero-order valence-electron chi connectivity index (χ0n) is 15.5. The Bertz CT molecular complexity index is 1060. The molecule has 3 aliphatic carbocycles. The highest BCUT2D eigenvalue weighted by molar-refractivity contribution is 6.08. The van der Waals surface area contributed by atoms with Gasteiger partial charge in [0.25, 0.3) is 11.8 Å². The number of benzene rings is 2. The lowest BCUT2D eigenvalue weighted by Crippen LogP contribution is -2.30. The summed E-state index contributed by atoms with van der Waals surface area (Å²) in [6.07, 6.45) is 8.22. The third kappa shape index (κ3) is 1.84. The van der Waals surface area contributed by atoms with Gasteiger partial charge in [-0.25, -0.2) is 0 Å². The van der Waals surface area contributed by atoms with Crippen LogP contribution in [0.3, 0.4) is 0 Å². The molecule has 2 bridgehead atoms. The van der Waals surface area contributed by atoms with Crippen LogP contribution in [0.1, 0.15) is 18.4 Å². The van der Waals surface area contributed by atoms with E-state index in [9.17, 15) is 9.59 Å². The Morgan fingerprint density at radius 3 is 2.36 bits per heavy atom. The van der Waals surface area contributed by atoms with E-state index in [0.717, 1.165) is 34.2 Å². The number of carbonyl (C=O) groups is 2. The highest BCUT2D eigenvalue weighted by atomic mass is 16.5. The number of nitrogens with zero attached hydrogens (tertiary/aromatic N) is 2. The molecule has 1 heterocycles. The van der Waals surface area contributed by atoms with Gasteiger partial charge in [0.15, 0.2) is 0 Å². The van der Waals surface area contributed by atoms with E-state index in [4.69, 9.17) is 4.74 Å². The van der Waals surface area contributed by atoms with E-state index >= 15 is 0 Å². The van der Waals surface area contributed by atoms with Crippen LogP contribution in [0.2, 0.25) is 0 Å². The van der Waals surface area contributed by atoms with Gasteiger partial charge in [-0.2, -0.15) is 10.1 Å². The number of rotatable bonds is 3. The molecule has 5 nitrogen and oxygen atoms in total. The predicted molar refractivity (Wildman–Crippen MR) is 105 cm³/mol. The van der Waals surface area contributed by atoms with Crippen molar-refractivity contribution in [2.24, 2.45) is 34.2 Å². The van der Waals surface area contributed by atoms with E-state index in [-0.39, 0.29) is 40.9 Å². The first-order valence-electron chi connectivity index (χ1n) is 9.81. The van der Waals surface area contributed by atoms with Crippen LogP contribution in [0, 0.1) is 29.1 Å². The van der Waals surface area contributed by atoms with Gasteiger partial charge in [-0.1, -0.05) is 42.5 Å². The van der Waals surface area contributed by atoms with E-state index in [0.29, 0.717) is 5.75 Å². The van der Waals surface area contributed by atoms with Crippen molar-refractivity contribution in [2.45, 2.75) is 12.8 Å². The number of methoxy groups -OCH3 is 1. The van der Waals surface area contributed by atoms with Crippen molar-refractivity contribution in [1.82, 2.24) is 5.01 Å². The molecular weight excluding hydrogens is 352 g/mol. The number of allylic oxidation sites excluding steroid dienone is 2. The highest BCUT2D eigenvalue weighted by Crippen LogP contribution is 2.73. The zero-order chi connectivity index (χ0) is 19.0. The number of hydrogen-bond acceptors (Lipinski definition) is 4. The summed E-state index contributed by atoms with van der Waals surface area (Å²) in [5.74, 6) is 0.355. The quantitative estimate of drug-likeness (QED) is 0.471. The summed E-state index contributed by atoms with van der Waals surface area (Å²) in [7, 11) is 1.61. The SMILES string of the molecule is COc1ccc2ccccc2c1/C=N\N1C(=O)[C@@H]2[C@@H](C1=O)[C@@H]1C=C[C@@H]2C12CC2. The number of carbonyl (C=O) groups excluding carboxylic acids is 2. The second-order valence-electron chi connectivity index (χ2n) is 8.36. The van der Waals surface area contributed by atoms with Gasteiger partial charge < -0.3 is 4.74 Å². The molecule has 0 radical (unpaired) electrons. The number of fused-ring (bicyclic) bond motifs is 4. The van der Waals surface area contributed by atoms with Gasteiger partial charge in [-0.05, 0) is 46.9 Å². The molecule has 6 rings (SSSR count). The van der Waals surface area contributed by atoms with E-state index in [1.165, 1.54) is 0 Å². The van der Waals surface area contributed by atoms with Gasteiger partial charge in [0, 0.05) is 5.56 Å². The van der Waals surface area contributed by atoms with E-state index in [2.05, 4.69) is 17.3 Å². The number of imide groups is 1. The van der Waals surface area contributed by atoms with Crippen molar-refractivity contribution in [3.8, 4) is 5.75 Å². The van der Waals surface area contributed by atoms with Crippen molar-refractivity contribution >= 4 is 28.8 Å². The number of amides is 2. The molecule has 2 amide bonds. The summed E-state index contributed by atoms with van der Waals surface area (Å²) in [6.45, 7) is 0. The summed E-state index contributed by atoms with van der Waals surface area (Å²) in [5.41, 5.74) is 0.980. The molecule has 0 unspecified atom stereocenters. The van der Waals surface area contributed by atoms with Crippen LogP contribution < -0.4 is 4.74 Å². The molecule has 0 N–H and O–H groups in total. The van der Waals surface area contributed by atoms with Crippen LogP contribution in [0.4, 0.5) is 0 Å². The Morgan fingerprint density at radius 1 is 1.04 bits per heavy atom. The molecule has 2 aromatic rings. The fourth-order valence-electron chi connectivity index (χ4n) is 5.88. The van der Waals surface area contributed by atoms with Crippen LogP contribution in [0.5, 0.6) is 5.75 Å². The Balaban J connectivity index is 1.37. The van der Waals surface area contributed by atoms with Gasteiger partial charge in [0.1, 0.15) is 5.75 Å². The van der Waals surface area contributed by atoms with Crippen molar-refractivity contribution in [3.05, 3.63) is 54.1 Å². The topological polar surface area (TPSA) is 59.0 Å². The monoisotopic (exact) mass is 372 g/mol. The maximum atomic E-state index is 13.1. The fourth-order valence-corrected chi connectivity index (χ4v) is 5.88. The Kier molecular flexibility index (Phi) is 3.04. The maximum Gasteiger partial charge on any atom is 0.254 e. The van der Waals surface area contributed by atoms with Crippen LogP contribution in [-0.4, -0.2) is 30.1 Å². The molecule has 28 heavy (non-hydrogen) atoms. The number of ether oxygens (including phenoxy) is 1. The minimum Gasteiger partial charge on any atom is -0.496 e.